The maximum Gasteiger partial charge on any atom is 0.181 e. The van der Waals surface area contributed by atoms with E-state index in [-0.39, 0.29) is 0 Å². The van der Waals surface area contributed by atoms with Crippen LogP contribution in [0.2, 0.25) is 0 Å². The molecule has 0 bridgehead atoms. The molecule has 2 N–H and O–H groups in total. The second-order valence-electron chi connectivity index (χ2n) is 1.77. The fraction of sp³-hybridized carbons (Fsp3) is 0.167. The lowest BCUT2D eigenvalue weighted by atomic mass is 10.5. The first kappa shape index (κ1) is 7.28. The summed E-state index contributed by atoms with van der Waals surface area (Å²) in [6.45, 7) is 0. The van der Waals surface area contributed by atoms with E-state index in [1.165, 1.54) is 12.5 Å². The van der Waals surface area contributed by atoms with Gasteiger partial charge in [0.05, 0.1) is 6.20 Å². The Morgan fingerprint density at radius 1 is 1.64 bits per heavy atom. The zero-order valence-electron chi connectivity index (χ0n) is 6.00. The fourth-order valence-electron chi connectivity index (χ4n) is 0.681. The van der Waals surface area contributed by atoms with Gasteiger partial charge in [-0.05, 0) is 0 Å². The number of hydrogen-bond donors (Lipinski definition) is 2. The number of aromatic nitrogens is 2. The summed E-state index contributed by atoms with van der Waals surface area (Å²) >= 11 is 0. The highest BCUT2D eigenvalue weighted by Gasteiger charge is 1.98. The van der Waals surface area contributed by atoms with Crippen LogP contribution in [0.3, 0.4) is 0 Å². The summed E-state index contributed by atoms with van der Waals surface area (Å²) in [7, 11) is 1.73. The molecule has 56 valence electrons. The topological polar surface area (TPSA) is 73.6 Å². The highest BCUT2D eigenvalue weighted by atomic mass is 15.0. The van der Waals surface area contributed by atoms with Gasteiger partial charge in [-0.1, -0.05) is 0 Å². The third-order valence-electron chi connectivity index (χ3n) is 1.14. The summed E-state index contributed by atoms with van der Waals surface area (Å²) in [5.74, 6) is 0.613. The molecule has 5 nitrogen and oxygen atoms in total. The van der Waals surface area contributed by atoms with Gasteiger partial charge < -0.3 is 5.32 Å². The first-order valence-corrected chi connectivity index (χ1v) is 3.01. The minimum absolute atomic E-state index is 0.581. The van der Waals surface area contributed by atoms with Gasteiger partial charge in [0.15, 0.2) is 12.0 Å². The third-order valence-corrected chi connectivity index (χ3v) is 1.14. The van der Waals surface area contributed by atoms with E-state index < -0.39 is 0 Å². The zero-order chi connectivity index (χ0) is 8.10. The summed E-state index contributed by atoms with van der Waals surface area (Å²) in [5.41, 5.74) is 0.581. The smallest absolute Gasteiger partial charge is 0.181 e. The van der Waals surface area contributed by atoms with Gasteiger partial charge in [0, 0.05) is 7.05 Å². The summed E-state index contributed by atoms with van der Waals surface area (Å²) in [5, 5.41) is 13.6. The molecule has 0 fully saturated rings. The predicted octanol–water partition coefficient (Wildman–Crippen LogP) is 0.411. The van der Waals surface area contributed by atoms with Gasteiger partial charge in [-0.25, -0.2) is 9.97 Å². The summed E-state index contributed by atoms with van der Waals surface area (Å²) in [6.07, 6.45) is 4.73. The SMILES string of the molecule is CNc1ncncc1NC#N. The predicted molar refractivity (Wildman–Crippen MR) is 40.8 cm³/mol. The van der Waals surface area contributed by atoms with Crippen LogP contribution in [-0.2, 0) is 0 Å². The van der Waals surface area contributed by atoms with Gasteiger partial charge in [-0.15, -0.1) is 0 Å². The normalized spacial score (nSPS) is 8.36. The number of hydrogen-bond acceptors (Lipinski definition) is 5. The van der Waals surface area contributed by atoms with Crippen molar-refractivity contribution in [3.63, 3.8) is 0 Å². The lowest BCUT2D eigenvalue weighted by molar-refractivity contribution is 1.16. The molecule has 11 heavy (non-hydrogen) atoms. The van der Waals surface area contributed by atoms with Gasteiger partial charge in [-0.3, -0.25) is 5.32 Å². The minimum Gasteiger partial charge on any atom is -0.371 e. The molecular formula is C6H7N5. The van der Waals surface area contributed by atoms with Crippen molar-refractivity contribution in [2.24, 2.45) is 0 Å². The van der Waals surface area contributed by atoms with E-state index in [0.29, 0.717) is 11.5 Å². The van der Waals surface area contributed by atoms with Crippen LogP contribution >= 0.6 is 0 Å². The van der Waals surface area contributed by atoms with Crippen molar-refractivity contribution in [2.45, 2.75) is 0 Å². The van der Waals surface area contributed by atoms with E-state index in [4.69, 9.17) is 5.26 Å². The molecule has 0 spiro atoms. The maximum atomic E-state index is 8.30. The fourth-order valence-corrected chi connectivity index (χ4v) is 0.681. The minimum atomic E-state index is 0.581. The average molecular weight is 149 g/mol. The van der Waals surface area contributed by atoms with Crippen LogP contribution in [0, 0.1) is 11.5 Å². The average Bonchev–Trinajstić information content (AvgIpc) is 2.06. The summed E-state index contributed by atoms with van der Waals surface area (Å²) < 4.78 is 0. The molecule has 5 heteroatoms. The van der Waals surface area contributed by atoms with Crippen molar-refractivity contribution < 1.29 is 0 Å². The molecular weight excluding hydrogens is 142 g/mol. The van der Waals surface area contributed by atoms with E-state index in [1.54, 1.807) is 13.2 Å². The van der Waals surface area contributed by atoms with Crippen molar-refractivity contribution in [1.82, 2.24) is 9.97 Å². The number of anilines is 2. The van der Waals surface area contributed by atoms with Crippen LogP contribution < -0.4 is 10.6 Å². The van der Waals surface area contributed by atoms with Gasteiger partial charge in [0.25, 0.3) is 0 Å². The Labute approximate surface area is 64.1 Å². The molecule has 1 heterocycles. The van der Waals surface area contributed by atoms with Crippen LogP contribution in [0.4, 0.5) is 11.5 Å². The highest BCUT2D eigenvalue weighted by molar-refractivity contribution is 5.63. The molecule has 0 aliphatic heterocycles. The Kier molecular flexibility index (Phi) is 2.23. The van der Waals surface area contributed by atoms with Crippen molar-refractivity contribution in [2.75, 3.05) is 17.7 Å². The number of nitrogens with one attached hydrogen (secondary N) is 2. The van der Waals surface area contributed by atoms with Crippen LogP contribution in [-0.4, -0.2) is 17.0 Å². The van der Waals surface area contributed by atoms with Gasteiger partial charge >= 0.3 is 0 Å². The largest absolute Gasteiger partial charge is 0.371 e. The maximum absolute atomic E-state index is 8.30. The lowest BCUT2D eigenvalue weighted by Crippen LogP contribution is -1.98. The second kappa shape index (κ2) is 3.37. The molecule has 0 saturated carbocycles. The Morgan fingerprint density at radius 3 is 3.09 bits per heavy atom. The van der Waals surface area contributed by atoms with Crippen molar-refractivity contribution >= 4 is 11.5 Å². The number of nitrogens with zero attached hydrogens (tertiary/aromatic N) is 3. The van der Waals surface area contributed by atoms with Crippen LogP contribution in [0.5, 0.6) is 0 Å². The standard InChI is InChI=1S/C6H7N5/c1-8-6-5(10-3-7)2-9-4-11-6/h2,4,10H,1H3,(H,8,9,11). The molecule has 0 radical (unpaired) electrons. The second-order valence-corrected chi connectivity index (χ2v) is 1.77. The van der Waals surface area contributed by atoms with E-state index >= 15 is 0 Å². The number of nitriles is 1. The van der Waals surface area contributed by atoms with E-state index in [1.807, 2.05) is 0 Å². The Bertz CT molecular complexity index is 277. The third kappa shape index (κ3) is 1.55. The molecule has 0 saturated heterocycles. The molecule has 0 aromatic carbocycles. The monoisotopic (exact) mass is 149 g/mol. The van der Waals surface area contributed by atoms with Crippen LogP contribution in [0.1, 0.15) is 0 Å². The summed E-state index contributed by atoms with van der Waals surface area (Å²) in [4.78, 5) is 7.63. The molecule has 0 amide bonds. The quantitative estimate of drug-likeness (QED) is 0.470. The highest BCUT2D eigenvalue weighted by Crippen LogP contribution is 2.13. The van der Waals surface area contributed by atoms with E-state index in [2.05, 4.69) is 20.6 Å². The molecule has 1 aromatic rings. The Hall–Kier alpha value is -1.83. The molecule has 0 aliphatic carbocycles. The molecule has 1 aromatic heterocycles. The molecule has 1 rings (SSSR count). The first-order valence-electron chi connectivity index (χ1n) is 3.01. The van der Waals surface area contributed by atoms with E-state index in [9.17, 15) is 0 Å². The Morgan fingerprint density at radius 2 is 2.45 bits per heavy atom. The molecule has 0 aliphatic rings. The van der Waals surface area contributed by atoms with E-state index in [0.717, 1.165) is 0 Å². The van der Waals surface area contributed by atoms with Gasteiger partial charge in [-0.2, -0.15) is 5.26 Å². The van der Waals surface area contributed by atoms with Gasteiger partial charge in [0.2, 0.25) is 0 Å². The van der Waals surface area contributed by atoms with Gasteiger partial charge in [0.1, 0.15) is 12.0 Å². The van der Waals surface area contributed by atoms with Crippen molar-refractivity contribution in [3.05, 3.63) is 12.5 Å². The van der Waals surface area contributed by atoms with Crippen LogP contribution in [0.25, 0.3) is 0 Å². The molecule has 0 atom stereocenters. The zero-order valence-corrected chi connectivity index (χ0v) is 6.00. The molecule has 0 unspecified atom stereocenters. The summed E-state index contributed by atoms with van der Waals surface area (Å²) in [6, 6.07) is 0. The van der Waals surface area contributed by atoms with Crippen molar-refractivity contribution in [3.8, 4) is 6.19 Å². The Balaban J connectivity index is 2.94. The lowest BCUT2D eigenvalue weighted by Gasteiger charge is -2.02. The number of rotatable bonds is 2. The van der Waals surface area contributed by atoms with Crippen LogP contribution in [0.15, 0.2) is 12.5 Å². The van der Waals surface area contributed by atoms with Crippen molar-refractivity contribution in [1.29, 1.82) is 5.26 Å². The first-order chi connectivity index (χ1) is 5.38.